The Kier molecular flexibility index (Phi) is 6.04. The molecule has 138 valence electrons. The van der Waals surface area contributed by atoms with Crippen LogP contribution < -0.4 is 14.8 Å². The number of benzene rings is 1. The smallest absolute Gasteiger partial charge is 0.224 e. The second-order valence-electron chi connectivity index (χ2n) is 6.45. The molecule has 5 nitrogen and oxygen atoms in total. The first-order chi connectivity index (χ1) is 12.6. The fourth-order valence-electron chi connectivity index (χ4n) is 3.03. The minimum absolute atomic E-state index is 0.108. The molecule has 3 rings (SSSR count). The van der Waals surface area contributed by atoms with Gasteiger partial charge in [-0.25, -0.2) is 9.37 Å². The minimum Gasteiger partial charge on any atom is -0.494 e. The van der Waals surface area contributed by atoms with Gasteiger partial charge in [0.05, 0.1) is 13.5 Å². The van der Waals surface area contributed by atoms with Crippen molar-refractivity contribution in [2.45, 2.75) is 44.8 Å². The lowest BCUT2D eigenvalue weighted by molar-refractivity contribution is -0.120. The van der Waals surface area contributed by atoms with Crippen LogP contribution in [-0.4, -0.2) is 24.1 Å². The number of halogens is 1. The van der Waals surface area contributed by atoms with Crippen LogP contribution in [0.15, 0.2) is 36.5 Å². The van der Waals surface area contributed by atoms with Crippen LogP contribution in [0.25, 0.3) is 0 Å². The summed E-state index contributed by atoms with van der Waals surface area (Å²) in [5, 5.41) is 2.81. The van der Waals surface area contributed by atoms with Crippen LogP contribution in [0.4, 0.5) is 4.39 Å². The van der Waals surface area contributed by atoms with E-state index in [-0.39, 0.29) is 24.2 Å². The Balaban J connectivity index is 1.47. The maximum Gasteiger partial charge on any atom is 0.224 e. The van der Waals surface area contributed by atoms with Gasteiger partial charge in [0.25, 0.3) is 0 Å². The molecule has 0 aliphatic heterocycles. The molecular weight excluding hydrogens is 335 g/mol. The molecule has 0 saturated heterocycles. The van der Waals surface area contributed by atoms with Crippen molar-refractivity contribution in [3.05, 3.63) is 53.5 Å². The van der Waals surface area contributed by atoms with E-state index in [0.717, 1.165) is 18.4 Å². The van der Waals surface area contributed by atoms with Crippen molar-refractivity contribution >= 4 is 5.91 Å². The summed E-state index contributed by atoms with van der Waals surface area (Å²) in [4.78, 5) is 16.3. The lowest BCUT2D eigenvalue weighted by Gasteiger charge is -2.12. The largest absolute Gasteiger partial charge is 0.494 e. The van der Waals surface area contributed by atoms with Gasteiger partial charge in [-0.05, 0) is 48.9 Å². The van der Waals surface area contributed by atoms with Gasteiger partial charge >= 0.3 is 0 Å². The summed E-state index contributed by atoms with van der Waals surface area (Å²) in [6.07, 6.45) is 6.70. The lowest BCUT2D eigenvalue weighted by atomic mass is 10.1. The number of rotatable bonds is 7. The van der Waals surface area contributed by atoms with Gasteiger partial charge in [0.1, 0.15) is 6.10 Å². The van der Waals surface area contributed by atoms with Crippen LogP contribution in [0.3, 0.4) is 0 Å². The first-order valence-electron chi connectivity index (χ1n) is 8.85. The van der Waals surface area contributed by atoms with Crippen LogP contribution in [0, 0.1) is 5.82 Å². The first kappa shape index (κ1) is 18.2. The van der Waals surface area contributed by atoms with E-state index < -0.39 is 5.82 Å². The summed E-state index contributed by atoms with van der Waals surface area (Å²) < 4.78 is 24.3. The fourth-order valence-corrected chi connectivity index (χ4v) is 3.03. The minimum atomic E-state index is -0.472. The average Bonchev–Trinajstić information content (AvgIpc) is 3.14. The number of carbonyl (C=O) groups excluding carboxylic acids is 1. The number of aromatic nitrogens is 1. The Morgan fingerprint density at radius 3 is 2.65 bits per heavy atom. The standard InChI is InChI=1S/C20H23FN2O3/c1-25-18-8-6-14(10-17(18)21)11-19(24)22-12-15-7-9-20(23-13-15)26-16-4-2-3-5-16/h6-10,13,16H,2-5,11-12H2,1H3,(H,22,24). The molecule has 1 N–H and O–H groups in total. The molecule has 0 atom stereocenters. The van der Waals surface area contributed by atoms with Crippen molar-refractivity contribution in [2.24, 2.45) is 0 Å². The molecule has 1 saturated carbocycles. The highest BCUT2D eigenvalue weighted by Gasteiger charge is 2.16. The van der Waals surface area contributed by atoms with Crippen molar-refractivity contribution in [3.8, 4) is 11.6 Å². The maximum atomic E-state index is 13.7. The van der Waals surface area contributed by atoms with Crippen molar-refractivity contribution in [3.63, 3.8) is 0 Å². The molecule has 1 aromatic heterocycles. The van der Waals surface area contributed by atoms with Crippen LogP contribution in [-0.2, 0) is 17.8 Å². The van der Waals surface area contributed by atoms with Crippen LogP contribution in [0.1, 0.15) is 36.8 Å². The molecule has 1 amide bonds. The van der Waals surface area contributed by atoms with Crippen LogP contribution >= 0.6 is 0 Å². The SMILES string of the molecule is COc1ccc(CC(=O)NCc2ccc(OC3CCCC3)nc2)cc1F. The number of nitrogens with one attached hydrogen (secondary N) is 1. The normalized spacial score (nSPS) is 14.2. The number of nitrogens with zero attached hydrogens (tertiary/aromatic N) is 1. The zero-order valence-electron chi connectivity index (χ0n) is 14.8. The van der Waals surface area contributed by atoms with Crippen molar-refractivity contribution in [1.82, 2.24) is 10.3 Å². The third-order valence-corrected chi connectivity index (χ3v) is 4.46. The summed E-state index contributed by atoms with van der Waals surface area (Å²) in [7, 11) is 1.41. The molecule has 1 fully saturated rings. The monoisotopic (exact) mass is 358 g/mol. The Labute approximate surface area is 152 Å². The average molecular weight is 358 g/mol. The number of methoxy groups -OCH3 is 1. The molecule has 2 aromatic rings. The van der Waals surface area contributed by atoms with Crippen LogP contribution in [0.2, 0.25) is 0 Å². The molecule has 1 heterocycles. The molecular formula is C20H23FN2O3. The first-order valence-corrected chi connectivity index (χ1v) is 8.85. The Morgan fingerprint density at radius 1 is 1.23 bits per heavy atom. The van der Waals surface area contributed by atoms with E-state index in [2.05, 4.69) is 10.3 Å². The molecule has 26 heavy (non-hydrogen) atoms. The van der Waals surface area contributed by atoms with Crippen molar-refractivity contribution in [2.75, 3.05) is 7.11 Å². The Hall–Kier alpha value is -2.63. The van der Waals surface area contributed by atoms with Gasteiger partial charge in [-0.2, -0.15) is 0 Å². The van der Waals surface area contributed by atoms with Gasteiger partial charge < -0.3 is 14.8 Å². The number of hydrogen-bond donors (Lipinski definition) is 1. The van der Waals surface area contributed by atoms with Gasteiger partial charge in [-0.3, -0.25) is 4.79 Å². The lowest BCUT2D eigenvalue weighted by Crippen LogP contribution is -2.24. The number of hydrogen-bond acceptors (Lipinski definition) is 4. The molecule has 0 unspecified atom stereocenters. The summed E-state index contributed by atoms with van der Waals surface area (Å²) in [5.74, 6) is 0.140. The molecule has 1 aromatic carbocycles. The topological polar surface area (TPSA) is 60.5 Å². The number of amides is 1. The van der Waals surface area contributed by atoms with Gasteiger partial charge in [0.15, 0.2) is 11.6 Å². The summed E-state index contributed by atoms with van der Waals surface area (Å²) in [6, 6.07) is 8.24. The third-order valence-electron chi connectivity index (χ3n) is 4.46. The van der Waals surface area contributed by atoms with Crippen molar-refractivity contribution in [1.29, 1.82) is 0 Å². The number of ether oxygens (including phenoxy) is 2. The second kappa shape index (κ2) is 8.65. The molecule has 6 heteroatoms. The third kappa shape index (κ3) is 4.94. The zero-order chi connectivity index (χ0) is 18.4. The Bertz CT molecular complexity index is 743. The predicted octanol–water partition coefficient (Wildman–Crippen LogP) is 3.41. The van der Waals surface area contributed by atoms with Crippen molar-refractivity contribution < 1.29 is 18.7 Å². The fraction of sp³-hybridized carbons (Fsp3) is 0.400. The molecule has 0 bridgehead atoms. The summed E-state index contributed by atoms with van der Waals surface area (Å²) >= 11 is 0. The van der Waals surface area contributed by atoms with E-state index >= 15 is 0 Å². The van der Waals surface area contributed by atoms with E-state index in [1.54, 1.807) is 12.3 Å². The van der Waals surface area contributed by atoms with Gasteiger partial charge in [0.2, 0.25) is 11.8 Å². The molecule has 1 aliphatic carbocycles. The van der Waals surface area contributed by atoms with Crippen LogP contribution in [0.5, 0.6) is 11.6 Å². The van der Waals surface area contributed by atoms with Gasteiger partial charge in [-0.15, -0.1) is 0 Å². The Morgan fingerprint density at radius 2 is 2.00 bits per heavy atom. The zero-order valence-corrected chi connectivity index (χ0v) is 14.8. The quantitative estimate of drug-likeness (QED) is 0.824. The second-order valence-corrected chi connectivity index (χ2v) is 6.45. The molecule has 0 radical (unpaired) electrons. The maximum absolute atomic E-state index is 13.7. The number of pyridine rings is 1. The summed E-state index contributed by atoms with van der Waals surface area (Å²) in [6.45, 7) is 0.369. The van der Waals surface area contributed by atoms with E-state index in [0.29, 0.717) is 18.0 Å². The highest BCUT2D eigenvalue weighted by Crippen LogP contribution is 2.23. The number of carbonyl (C=O) groups is 1. The van der Waals surface area contributed by atoms with Gasteiger partial charge in [-0.1, -0.05) is 12.1 Å². The van der Waals surface area contributed by atoms with E-state index in [1.165, 1.54) is 32.1 Å². The van der Waals surface area contributed by atoms with E-state index in [1.807, 2.05) is 12.1 Å². The van der Waals surface area contributed by atoms with E-state index in [4.69, 9.17) is 9.47 Å². The van der Waals surface area contributed by atoms with E-state index in [9.17, 15) is 9.18 Å². The summed E-state index contributed by atoms with van der Waals surface area (Å²) in [5.41, 5.74) is 1.48. The van der Waals surface area contributed by atoms with Gasteiger partial charge in [0, 0.05) is 18.8 Å². The highest BCUT2D eigenvalue weighted by atomic mass is 19.1. The predicted molar refractivity (Wildman–Crippen MR) is 95.6 cm³/mol. The highest BCUT2D eigenvalue weighted by molar-refractivity contribution is 5.78. The molecule has 0 spiro atoms. The molecule has 1 aliphatic rings.